The molecule has 4 aliphatic heterocycles. The van der Waals surface area contributed by atoms with Crippen LogP contribution in [0.15, 0.2) is 30.7 Å². The number of methoxy groups -OCH3 is 5. The van der Waals surface area contributed by atoms with Gasteiger partial charge < -0.3 is 86.7 Å². The van der Waals surface area contributed by atoms with Gasteiger partial charge in [0.25, 0.3) is 0 Å². The minimum Gasteiger partial charge on any atom is -0.493 e. The SMILES string of the molecule is COc1cc(CN2CC(=O)Nc3c(Cl)nc(N)nc32)c(Cl)c(OC)c1OC.COc1ccnc(CN2CC(=O)N(CC(C)C)c3c(Cl)nc(N)nc32)c1OC.Cc1cnc(CN2CC(=O)N(CC(C)C)c3c(Cl)nc(N)nc32)c(C)c1Cl.Cc1ncc(CN2CC(=O)Nc3c(Cl)nc(N)nc32)c(C)c1Cl. The summed E-state index contributed by atoms with van der Waals surface area (Å²) in [6.07, 6.45) is 5.09. The summed E-state index contributed by atoms with van der Waals surface area (Å²) in [5, 5.41) is 7.43. The predicted molar refractivity (Wildman–Crippen MR) is 408 cm³/mol. The molecule has 0 fully saturated rings. The number of carbonyl (C=O) groups excluding carboxylic acids is 4. The van der Waals surface area contributed by atoms with Crippen LogP contribution in [0.1, 0.15) is 72.6 Å². The molecule has 1 aromatic carbocycles. The number of pyridine rings is 3. The number of nitrogens with two attached hydrogens (primary N) is 4. The molecule has 32 nitrogen and oxygen atoms in total. The van der Waals surface area contributed by atoms with Crippen molar-refractivity contribution in [3.63, 3.8) is 0 Å². The van der Waals surface area contributed by atoms with Crippen molar-refractivity contribution >= 4 is 175 Å². The number of carbonyl (C=O) groups is 4. The lowest BCUT2D eigenvalue weighted by molar-refractivity contribution is -0.118. The van der Waals surface area contributed by atoms with Gasteiger partial charge in [0, 0.05) is 55.9 Å². The number of anilines is 12. The number of rotatable bonds is 17. The summed E-state index contributed by atoms with van der Waals surface area (Å²) < 4.78 is 26.8. The maximum Gasteiger partial charge on any atom is 0.246 e. The topological polar surface area (TPSA) is 404 Å². The first-order valence-electron chi connectivity index (χ1n) is 32.1. The first-order chi connectivity index (χ1) is 49.8. The molecular formula is C66H76Cl7N23O9. The van der Waals surface area contributed by atoms with Crippen LogP contribution in [0.5, 0.6) is 28.7 Å². The third-order valence-electron chi connectivity index (χ3n) is 16.4. The first kappa shape index (κ1) is 79.4. The van der Waals surface area contributed by atoms with E-state index in [1.807, 2.05) is 60.3 Å². The molecule has 11 heterocycles. The Morgan fingerprint density at radius 1 is 0.457 bits per heavy atom. The standard InChI is InChI=1S/C18H22Cl2N6O.C18H23ClN6O3.C16H17Cl2N5O4.C14H14Cl2N6O/c1-9(2)6-26-13(27)8-25(17-15(26)16(20)23-18(21)24-17)7-12-11(4)14(19)10(3)5-22-12;1-10(2)7-25-13(26)9-24(17-14(25)16(19)22-18(20)23-17)8-11-15(28-4)12(27-3)5-6-21-11;1-25-8-4-7(10(17)13(27-3)12(8)26-2)5-23-6-9(24)20-11-14(18)21-16(19)22-15(11)23;1-6-8(3-18-7(2)10(6)15)4-22-5-9(23)19-11-12(16)20-14(17)21-13(11)22/h5,9H,6-8H2,1-4H3,(H2,21,23,24);5-6,10H,7-9H2,1-4H3,(H2,20,22,23);4H,5-6H2,1-3H3,(H,20,24)(H2,19,21,22);3H,4-5H2,1-2H3,(H,19,23)(H2,17,20,21). The van der Waals surface area contributed by atoms with Gasteiger partial charge in [0.2, 0.25) is 53.2 Å². The Hall–Kier alpha value is -9.70. The first-order valence-corrected chi connectivity index (χ1v) is 34.7. The number of nitrogens with one attached hydrogen (secondary N) is 2. The van der Waals surface area contributed by atoms with Crippen LogP contribution in [0, 0.1) is 39.5 Å². The number of ether oxygens (including phenoxy) is 5. The second-order valence-electron chi connectivity index (χ2n) is 24.8. The Bertz CT molecular complexity index is 4660. The lowest BCUT2D eigenvalue weighted by Gasteiger charge is -2.37. The molecule has 0 unspecified atom stereocenters. The third-order valence-corrected chi connectivity index (χ3v) is 19.0. The molecule has 0 saturated heterocycles. The Morgan fingerprint density at radius 2 is 0.895 bits per heavy atom. The van der Waals surface area contributed by atoms with Gasteiger partial charge in [0.05, 0.1) is 96.3 Å². The largest absolute Gasteiger partial charge is 0.493 e. The van der Waals surface area contributed by atoms with Crippen molar-refractivity contribution in [2.75, 3.05) is 138 Å². The van der Waals surface area contributed by atoms with E-state index in [2.05, 4.69) is 65.5 Å². The Labute approximate surface area is 639 Å². The van der Waals surface area contributed by atoms with Gasteiger partial charge in [0.1, 0.15) is 28.4 Å². The number of benzene rings is 1. The van der Waals surface area contributed by atoms with Crippen molar-refractivity contribution in [1.82, 2.24) is 54.8 Å². The number of aryl methyl sites for hydroxylation is 2. The molecular weight excluding hydrogens is 1510 g/mol. The Kier molecular flexibility index (Phi) is 25.7. The molecule has 0 radical (unpaired) electrons. The lowest BCUT2D eigenvalue weighted by Crippen LogP contribution is -2.47. The molecule has 4 aliphatic rings. The number of hydrogen-bond donors (Lipinski definition) is 6. The van der Waals surface area contributed by atoms with Crippen LogP contribution in [-0.4, -0.2) is 153 Å². The monoisotopic (exact) mass is 1580 g/mol. The minimum absolute atomic E-state index is 0.00381. The fourth-order valence-electron chi connectivity index (χ4n) is 11.5. The highest BCUT2D eigenvalue weighted by Gasteiger charge is 2.38. The molecule has 0 atom stereocenters. The number of hydrogen-bond acceptors (Lipinski definition) is 28. The normalized spacial score (nSPS) is 13.7. The van der Waals surface area contributed by atoms with E-state index in [0.29, 0.717) is 127 Å². The van der Waals surface area contributed by atoms with E-state index in [1.54, 1.807) is 69.4 Å². The van der Waals surface area contributed by atoms with Crippen LogP contribution < -0.4 is 86.7 Å². The smallest absolute Gasteiger partial charge is 0.246 e. The molecule has 4 amide bonds. The van der Waals surface area contributed by atoms with Crippen LogP contribution in [0.25, 0.3) is 0 Å². The van der Waals surface area contributed by atoms with Gasteiger partial charge in [-0.25, -0.2) is 0 Å². The highest BCUT2D eigenvalue weighted by atomic mass is 35.5. The highest BCUT2D eigenvalue weighted by molar-refractivity contribution is 6.36. The Morgan fingerprint density at radius 3 is 1.35 bits per heavy atom. The third kappa shape index (κ3) is 17.8. The molecule has 39 heteroatoms. The molecule has 0 spiro atoms. The Balaban J connectivity index is 0.000000163. The zero-order chi connectivity index (χ0) is 76.7. The number of aromatic nitrogens is 11. The second kappa shape index (κ2) is 34.0. The summed E-state index contributed by atoms with van der Waals surface area (Å²) in [6, 6.07) is 3.42. The van der Waals surface area contributed by atoms with Crippen LogP contribution in [0.3, 0.4) is 0 Å². The van der Waals surface area contributed by atoms with Gasteiger partial charge in [-0.05, 0) is 73.4 Å². The van der Waals surface area contributed by atoms with E-state index in [1.165, 1.54) is 21.3 Å². The van der Waals surface area contributed by atoms with Gasteiger partial charge in [-0.3, -0.25) is 34.1 Å². The van der Waals surface area contributed by atoms with E-state index in [0.717, 1.165) is 33.6 Å². The fraction of sp³-hybridized carbons (Fsp3) is 0.379. The summed E-state index contributed by atoms with van der Waals surface area (Å²) in [6.45, 7) is 18.4. The van der Waals surface area contributed by atoms with Crippen LogP contribution in [0.2, 0.25) is 35.7 Å². The molecule has 7 aromatic heterocycles. The van der Waals surface area contributed by atoms with Crippen molar-refractivity contribution in [1.29, 1.82) is 0 Å². The van der Waals surface area contributed by atoms with E-state index >= 15 is 0 Å². The summed E-state index contributed by atoms with van der Waals surface area (Å²) in [7, 11) is 7.57. The van der Waals surface area contributed by atoms with E-state index in [-0.39, 0.29) is 119 Å². The molecule has 0 saturated carbocycles. The lowest BCUT2D eigenvalue weighted by atomic mass is 10.1. The fourth-order valence-corrected chi connectivity index (χ4v) is 13.1. The molecule has 10 N–H and O–H groups in total. The second-order valence-corrected chi connectivity index (χ2v) is 27.4. The van der Waals surface area contributed by atoms with E-state index in [9.17, 15) is 19.2 Å². The highest BCUT2D eigenvalue weighted by Crippen LogP contribution is 2.47. The maximum absolute atomic E-state index is 12.9. The molecule has 0 bridgehead atoms. The van der Waals surface area contributed by atoms with Gasteiger partial charge in [-0.2, -0.15) is 39.9 Å². The molecule has 558 valence electrons. The summed E-state index contributed by atoms with van der Waals surface area (Å²) in [5.74, 6) is 4.14. The number of nitrogens with zero attached hydrogens (tertiary/aromatic N) is 17. The van der Waals surface area contributed by atoms with Gasteiger partial charge >= 0.3 is 0 Å². The molecule has 105 heavy (non-hydrogen) atoms. The van der Waals surface area contributed by atoms with E-state index in [4.69, 9.17) is 128 Å². The van der Waals surface area contributed by atoms with Crippen molar-refractivity contribution in [2.24, 2.45) is 11.8 Å². The molecule has 12 rings (SSSR count). The number of fused-ring (bicyclic) bond motifs is 4. The number of halogens is 7. The zero-order valence-electron chi connectivity index (χ0n) is 59.3. The van der Waals surface area contributed by atoms with Crippen molar-refractivity contribution < 1.29 is 42.9 Å². The average Bonchev–Trinajstić information content (AvgIpc) is 0.775. The van der Waals surface area contributed by atoms with Crippen LogP contribution in [0.4, 0.5) is 69.8 Å². The minimum atomic E-state index is -0.263. The number of nitrogen functional groups attached to an aromatic ring is 4. The van der Waals surface area contributed by atoms with Gasteiger partial charge in [-0.15, -0.1) is 0 Å². The summed E-state index contributed by atoms with van der Waals surface area (Å²) >= 11 is 44.0. The van der Waals surface area contributed by atoms with Crippen LogP contribution in [-0.2, 0) is 45.4 Å². The summed E-state index contributed by atoms with van der Waals surface area (Å²) in [4.78, 5) is 106. The predicted octanol–water partition coefficient (Wildman–Crippen LogP) is 10.2. The zero-order valence-corrected chi connectivity index (χ0v) is 64.6. The maximum atomic E-state index is 12.9. The quantitative estimate of drug-likeness (QED) is 0.0461. The van der Waals surface area contributed by atoms with Crippen molar-refractivity contribution in [2.45, 2.75) is 81.6 Å². The number of amides is 4. The van der Waals surface area contributed by atoms with Crippen molar-refractivity contribution in [3.05, 3.63) is 111 Å². The van der Waals surface area contributed by atoms with E-state index < -0.39 is 0 Å². The van der Waals surface area contributed by atoms with Gasteiger partial charge in [-0.1, -0.05) is 109 Å². The summed E-state index contributed by atoms with van der Waals surface area (Å²) in [5.41, 5.74) is 31.0. The average molecular weight is 1580 g/mol. The van der Waals surface area contributed by atoms with Crippen LogP contribution >= 0.6 is 81.2 Å². The van der Waals surface area contributed by atoms with Crippen molar-refractivity contribution in [3.8, 4) is 28.7 Å². The van der Waals surface area contributed by atoms with Gasteiger partial charge in [0.15, 0.2) is 66.9 Å². The molecule has 8 aromatic rings. The molecule has 0 aliphatic carbocycles.